The summed E-state index contributed by atoms with van der Waals surface area (Å²) in [5, 5.41) is 5.97. The van der Waals surface area contributed by atoms with Gasteiger partial charge >= 0.3 is 0 Å². The number of nitrogens with zero attached hydrogens (tertiary/aromatic N) is 1. The molecular weight excluding hydrogens is 276 g/mol. The van der Waals surface area contributed by atoms with Gasteiger partial charge in [-0.2, -0.15) is 0 Å². The van der Waals surface area contributed by atoms with Crippen LogP contribution < -0.4 is 5.32 Å². The molecule has 4 rings (SSSR count). The van der Waals surface area contributed by atoms with Crippen molar-refractivity contribution in [1.29, 1.82) is 0 Å². The minimum absolute atomic E-state index is 0.473. The average Bonchev–Trinajstić information content (AvgIpc) is 3.25. The summed E-state index contributed by atoms with van der Waals surface area (Å²) in [5.41, 5.74) is 1.42. The molecule has 0 radical (unpaired) electrons. The van der Waals surface area contributed by atoms with Crippen molar-refractivity contribution in [2.45, 2.75) is 31.5 Å². The number of hydrogen-bond acceptors (Lipinski definition) is 3. The molecule has 2 fully saturated rings. The highest BCUT2D eigenvalue weighted by molar-refractivity contribution is 7.09. The summed E-state index contributed by atoms with van der Waals surface area (Å²) in [5.74, 6) is 0.925. The summed E-state index contributed by atoms with van der Waals surface area (Å²) in [4.78, 5) is 4.21. The predicted molar refractivity (Wildman–Crippen MR) is 88.4 cm³/mol. The van der Waals surface area contributed by atoms with Gasteiger partial charge in [-0.3, -0.25) is 4.90 Å². The Morgan fingerprint density at radius 1 is 1.10 bits per heavy atom. The second kappa shape index (κ2) is 5.91. The Kier molecular flexibility index (Phi) is 3.80. The van der Waals surface area contributed by atoms with Crippen molar-refractivity contribution in [1.82, 2.24) is 10.2 Å². The van der Waals surface area contributed by atoms with Crippen molar-refractivity contribution in [2.24, 2.45) is 5.92 Å². The highest BCUT2D eigenvalue weighted by Crippen LogP contribution is 2.38. The molecule has 2 heterocycles. The molecule has 1 saturated carbocycles. The van der Waals surface area contributed by atoms with Crippen LogP contribution in [0.15, 0.2) is 47.8 Å². The monoisotopic (exact) mass is 298 g/mol. The van der Waals surface area contributed by atoms with E-state index < -0.39 is 0 Å². The Hall–Kier alpha value is -1.16. The van der Waals surface area contributed by atoms with Gasteiger partial charge in [-0.1, -0.05) is 36.4 Å². The van der Waals surface area contributed by atoms with Gasteiger partial charge in [0.25, 0.3) is 0 Å². The van der Waals surface area contributed by atoms with Crippen LogP contribution in [0.5, 0.6) is 0 Å². The lowest BCUT2D eigenvalue weighted by Crippen LogP contribution is -2.53. The van der Waals surface area contributed by atoms with Crippen LogP contribution in [0.2, 0.25) is 0 Å². The number of nitrogens with one attached hydrogen (secondary N) is 1. The average molecular weight is 298 g/mol. The highest BCUT2D eigenvalue weighted by Gasteiger charge is 2.38. The van der Waals surface area contributed by atoms with E-state index >= 15 is 0 Å². The Balaban J connectivity index is 1.51. The normalized spacial score (nSPS) is 26.9. The largest absolute Gasteiger partial charge is 0.307 e. The number of hydrogen-bond donors (Lipinski definition) is 1. The fourth-order valence-electron chi connectivity index (χ4n) is 3.47. The molecule has 2 unspecified atom stereocenters. The number of thiophene rings is 1. The molecule has 0 bridgehead atoms. The van der Waals surface area contributed by atoms with E-state index in [2.05, 4.69) is 58.1 Å². The molecule has 2 aliphatic rings. The van der Waals surface area contributed by atoms with Gasteiger partial charge in [0.2, 0.25) is 0 Å². The molecule has 110 valence electrons. The van der Waals surface area contributed by atoms with Crippen LogP contribution in [0.3, 0.4) is 0 Å². The van der Waals surface area contributed by atoms with Crippen molar-refractivity contribution in [3.8, 4) is 0 Å². The number of benzene rings is 1. The van der Waals surface area contributed by atoms with Crippen molar-refractivity contribution < 1.29 is 0 Å². The maximum Gasteiger partial charge on any atom is 0.0450 e. The van der Waals surface area contributed by atoms with Crippen LogP contribution in [0.4, 0.5) is 0 Å². The molecule has 0 amide bonds. The first kappa shape index (κ1) is 13.5. The minimum Gasteiger partial charge on any atom is -0.307 e. The van der Waals surface area contributed by atoms with Crippen LogP contribution in [0.25, 0.3) is 0 Å². The molecule has 1 aromatic carbocycles. The molecule has 2 nitrogen and oxygen atoms in total. The number of rotatable bonds is 4. The molecule has 21 heavy (non-hydrogen) atoms. The van der Waals surface area contributed by atoms with E-state index in [9.17, 15) is 0 Å². The van der Waals surface area contributed by atoms with Gasteiger partial charge in [0.1, 0.15) is 0 Å². The summed E-state index contributed by atoms with van der Waals surface area (Å²) < 4.78 is 0. The third-order valence-electron chi connectivity index (χ3n) is 4.77. The van der Waals surface area contributed by atoms with Crippen LogP contribution in [-0.2, 0) is 6.54 Å². The SMILES string of the molecule is c1ccc(C2CN(Cc3cccs3)C(C3CC3)CN2)cc1. The van der Waals surface area contributed by atoms with Crippen molar-refractivity contribution in [3.05, 3.63) is 58.3 Å². The predicted octanol–water partition coefficient (Wildman–Crippen LogP) is 3.67. The van der Waals surface area contributed by atoms with Gasteiger partial charge in [0, 0.05) is 36.6 Å². The quantitative estimate of drug-likeness (QED) is 0.926. The first-order valence-corrected chi connectivity index (χ1v) is 8.83. The molecule has 1 aliphatic carbocycles. The Labute approximate surface area is 130 Å². The second-order valence-corrected chi connectivity index (χ2v) is 7.32. The smallest absolute Gasteiger partial charge is 0.0450 e. The zero-order valence-corrected chi connectivity index (χ0v) is 13.1. The van der Waals surface area contributed by atoms with Gasteiger partial charge in [0.15, 0.2) is 0 Å². The fraction of sp³-hybridized carbons (Fsp3) is 0.444. The second-order valence-electron chi connectivity index (χ2n) is 6.29. The molecule has 3 heteroatoms. The molecule has 1 aliphatic heterocycles. The van der Waals surface area contributed by atoms with Gasteiger partial charge in [-0.15, -0.1) is 11.3 Å². The van der Waals surface area contributed by atoms with Crippen LogP contribution in [-0.4, -0.2) is 24.0 Å². The van der Waals surface area contributed by atoms with Crippen LogP contribution in [0, 0.1) is 5.92 Å². The molecule has 2 atom stereocenters. The van der Waals surface area contributed by atoms with E-state index in [4.69, 9.17) is 0 Å². The van der Waals surface area contributed by atoms with Crippen LogP contribution >= 0.6 is 11.3 Å². The Bertz CT molecular complexity index is 562. The first-order valence-electron chi connectivity index (χ1n) is 7.95. The highest BCUT2D eigenvalue weighted by atomic mass is 32.1. The van der Waals surface area contributed by atoms with Crippen molar-refractivity contribution in [2.75, 3.05) is 13.1 Å². The lowest BCUT2D eigenvalue weighted by atomic mass is 9.99. The van der Waals surface area contributed by atoms with Crippen molar-refractivity contribution in [3.63, 3.8) is 0 Å². The van der Waals surface area contributed by atoms with Crippen LogP contribution in [0.1, 0.15) is 29.3 Å². The summed E-state index contributed by atoms with van der Waals surface area (Å²) >= 11 is 1.89. The summed E-state index contributed by atoms with van der Waals surface area (Å²) in [6.45, 7) is 3.38. The van der Waals surface area contributed by atoms with E-state index in [1.165, 1.54) is 23.3 Å². The zero-order valence-electron chi connectivity index (χ0n) is 12.2. The molecule has 0 spiro atoms. The first-order chi connectivity index (χ1) is 10.4. The third-order valence-corrected chi connectivity index (χ3v) is 5.63. The topological polar surface area (TPSA) is 15.3 Å². The maximum atomic E-state index is 3.78. The summed E-state index contributed by atoms with van der Waals surface area (Å²) in [7, 11) is 0. The lowest BCUT2D eigenvalue weighted by molar-refractivity contribution is 0.108. The summed E-state index contributed by atoms with van der Waals surface area (Å²) in [6.07, 6.45) is 2.84. The van der Waals surface area contributed by atoms with Gasteiger partial charge < -0.3 is 5.32 Å². The maximum absolute atomic E-state index is 3.78. The van der Waals surface area contributed by atoms with E-state index in [0.717, 1.165) is 31.6 Å². The van der Waals surface area contributed by atoms with Crippen molar-refractivity contribution >= 4 is 11.3 Å². The van der Waals surface area contributed by atoms with Gasteiger partial charge in [0.05, 0.1) is 0 Å². The third kappa shape index (κ3) is 3.05. The summed E-state index contributed by atoms with van der Waals surface area (Å²) in [6, 6.07) is 16.5. The molecule has 1 saturated heterocycles. The standard InChI is InChI=1S/C18H22N2S/c1-2-5-14(6-3-1)17-13-20(12-16-7-4-10-21-16)18(11-19-17)15-8-9-15/h1-7,10,15,17-19H,8-9,11-13H2. The Morgan fingerprint density at radius 3 is 2.67 bits per heavy atom. The lowest BCUT2D eigenvalue weighted by Gasteiger charge is -2.40. The molecule has 1 N–H and O–H groups in total. The van der Waals surface area contributed by atoms with Gasteiger partial charge in [-0.25, -0.2) is 0 Å². The molecule has 1 aromatic heterocycles. The minimum atomic E-state index is 0.473. The fourth-order valence-corrected chi connectivity index (χ4v) is 4.19. The Morgan fingerprint density at radius 2 is 1.95 bits per heavy atom. The van der Waals surface area contributed by atoms with E-state index in [1.807, 2.05) is 11.3 Å². The van der Waals surface area contributed by atoms with Gasteiger partial charge in [-0.05, 0) is 35.8 Å². The number of piperazine rings is 1. The van der Waals surface area contributed by atoms with E-state index in [-0.39, 0.29) is 0 Å². The zero-order chi connectivity index (χ0) is 14.1. The van der Waals surface area contributed by atoms with E-state index in [0.29, 0.717) is 6.04 Å². The van der Waals surface area contributed by atoms with E-state index in [1.54, 1.807) is 0 Å². The molecule has 2 aromatic rings. The molecular formula is C18H22N2S.